The highest BCUT2D eigenvalue weighted by atomic mass is 16.6. The number of hydrogen-bond donors (Lipinski definition) is 0. The monoisotopic (exact) mass is 547 g/mol. The van der Waals surface area contributed by atoms with Crippen LogP contribution in [0.2, 0.25) is 0 Å². The molecule has 5 heteroatoms. The van der Waals surface area contributed by atoms with Gasteiger partial charge in [-0.25, -0.2) is 9.78 Å². The number of cyclic esters (lactones) is 1. The van der Waals surface area contributed by atoms with Gasteiger partial charge in [-0.1, -0.05) is 72.8 Å². The Balaban J connectivity index is 1.64. The molecule has 0 saturated carbocycles. The van der Waals surface area contributed by atoms with Crippen molar-refractivity contribution in [2.75, 3.05) is 0 Å². The van der Waals surface area contributed by atoms with Crippen LogP contribution in [0.4, 0.5) is 0 Å². The highest BCUT2D eigenvalue weighted by molar-refractivity contribution is 6.02. The fourth-order valence-corrected chi connectivity index (χ4v) is 7.19. The van der Waals surface area contributed by atoms with Crippen LogP contribution in [0.15, 0.2) is 109 Å². The molecule has 4 aromatic heterocycles. The molecular weight excluding hydrogens is 518 g/mol. The average molecular weight is 548 g/mol. The van der Waals surface area contributed by atoms with Crippen molar-refractivity contribution >= 4 is 33.3 Å². The number of benzene rings is 3. The van der Waals surface area contributed by atoms with E-state index < -0.39 is 5.60 Å². The third-order valence-corrected chi connectivity index (χ3v) is 8.92. The fourth-order valence-electron chi connectivity index (χ4n) is 7.19. The Kier molecular flexibility index (Phi) is 5.23. The summed E-state index contributed by atoms with van der Waals surface area (Å²) < 4.78 is 11.4. The van der Waals surface area contributed by atoms with Crippen molar-refractivity contribution in [2.24, 2.45) is 0 Å². The predicted octanol–water partition coefficient (Wildman–Crippen LogP) is 8.21. The lowest BCUT2D eigenvalue weighted by Gasteiger charge is -2.31. The molecule has 1 unspecified atom stereocenters. The molecule has 204 valence electrons. The first kappa shape index (κ1) is 24.6. The van der Waals surface area contributed by atoms with E-state index >= 15 is 0 Å². The number of aromatic nitrogens is 3. The first-order valence-electron chi connectivity index (χ1n) is 14.4. The second-order valence-electron chi connectivity index (χ2n) is 11.0. The summed E-state index contributed by atoms with van der Waals surface area (Å²) in [4.78, 5) is 19.4. The number of esters is 1. The van der Waals surface area contributed by atoms with Gasteiger partial charge in [0.05, 0.1) is 16.8 Å². The minimum atomic E-state index is -1.30. The van der Waals surface area contributed by atoms with Gasteiger partial charge in [-0.15, -0.1) is 0 Å². The van der Waals surface area contributed by atoms with Gasteiger partial charge in [0.1, 0.15) is 5.69 Å². The van der Waals surface area contributed by atoms with Gasteiger partial charge in [0.25, 0.3) is 0 Å². The van der Waals surface area contributed by atoms with Crippen LogP contribution in [0.5, 0.6) is 0 Å². The van der Waals surface area contributed by atoms with E-state index in [0.29, 0.717) is 11.3 Å². The zero-order chi connectivity index (χ0) is 28.6. The molecule has 0 fully saturated rings. The molecule has 1 aliphatic rings. The number of para-hydroxylation sites is 2. The molecular formula is C37H29N3O2. The largest absolute Gasteiger partial charge is 0.437 e. The molecule has 0 spiro atoms. The lowest BCUT2D eigenvalue weighted by atomic mass is 9.80. The summed E-state index contributed by atoms with van der Waals surface area (Å²) in [5.41, 5.74) is 8.96. The Bertz CT molecular complexity index is 2210. The van der Waals surface area contributed by atoms with Crippen LogP contribution < -0.4 is 0 Å². The van der Waals surface area contributed by atoms with Gasteiger partial charge < -0.3 is 13.7 Å². The van der Waals surface area contributed by atoms with Crippen LogP contribution in [0.1, 0.15) is 45.5 Å². The van der Waals surface area contributed by atoms with E-state index in [0.717, 1.165) is 67.5 Å². The topological polar surface area (TPSA) is 48.5 Å². The van der Waals surface area contributed by atoms with E-state index in [1.165, 1.54) is 0 Å². The molecule has 5 nitrogen and oxygen atoms in total. The standard InChI is InChI=1S/C37H29N3O2/c1-4-39-24(3)33(27-17-9-11-20-31(27)39)37(34-28(36(41)42-37)22-26-16-8-10-18-29(26)38-34)35-32(25-14-6-5-7-15-25)23(2)30-19-12-13-21-40(30)35/h5-22H,4H2,1-3H3. The number of nitrogens with zero attached hydrogens (tertiary/aromatic N) is 3. The minimum Gasteiger partial charge on any atom is -0.437 e. The van der Waals surface area contributed by atoms with E-state index in [2.05, 4.69) is 96.6 Å². The second-order valence-corrected chi connectivity index (χ2v) is 11.0. The third-order valence-electron chi connectivity index (χ3n) is 8.92. The molecule has 0 saturated heterocycles. The minimum absolute atomic E-state index is 0.362. The van der Waals surface area contributed by atoms with Gasteiger partial charge in [-0.2, -0.15) is 0 Å². The second kappa shape index (κ2) is 8.92. The summed E-state index contributed by atoms with van der Waals surface area (Å²) in [6.45, 7) is 7.23. The molecule has 0 N–H and O–H groups in total. The quantitative estimate of drug-likeness (QED) is 0.209. The van der Waals surface area contributed by atoms with Crippen LogP contribution in [0, 0.1) is 13.8 Å². The maximum absolute atomic E-state index is 14.1. The Labute approximate surface area is 243 Å². The van der Waals surface area contributed by atoms with Crippen LogP contribution in [0.3, 0.4) is 0 Å². The van der Waals surface area contributed by atoms with Gasteiger partial charge in [0, 0.05) is 51.4 Å². The maximum atomic E-state index is 14.1. The van der Waals surface area contributed by atoms with Crippen molar-refractivity contribution in [2.45, 2.75) is 32.9 Å². The summed E-state index contributed by atoms with van der Waals surface area (Å²) in [7, 11) is 0. The van der Waals surface area contributed by atoms with E-state index in [9.17, 15) is 4.79 Å². The zero-order valence-electron chi connectivity index (χ0n) is 23.8. The SMILES string of the molecule is CCn1c(C)c(C2(c3c(-c4ccccc4)c(C)c4ccccn34)OC(=O)c3cc4ccccc4nc32)c2ccccc21. The van der Waals surface area contributed by atoms with Crippen molar-refractivity contribution in [3.05, 3.63) is 143 Å². The van der Waals surface area contributed by atoms with Crippen molar-refractivity contribution in [1.29, 1.82) is 0 Å². The maximum Gasteiger partial charge on any atom is 0.341 e. The summed E-state index contributed by atoms with van der Waals surface area (Å²) >= 11 is 0. The van der Waals surface area contributed by atoms with Gasteiger partial charge >= 0.3 is 5.97 Å². The summed E-state index contributed by atoms with van der Waals surface area (Å²) in [6, 6.07) is 35.0. The van der Waals surface area contributed by atoms with Gasteiger partial charge in [0.15, 0.2) is 0 Å². The van der Waals surface area contributed by atoms with E-state index in [4.69, 9.17) is 9.72 Å². The van der Waals surface area contributed by atoms with Gasteiger partial charge in [-0.05, 0) is 62.2 Å². The predicted molar refractivity (Wildman–Crippen MR) is 167 cm³/mol. The summed E-state index contributed by atoms with van der Waals surface area (Å²) in [5, 5.41) is 1.96. The highest BCUT2D eigenvalue weighted by Gasteiger charge is 2.55. The van der Waals surface area contributed by atoms with Crippen LogP contribution in [0.25, 0.3) is 38.4 Å². The van der Waals surface area contributed by atoms with Crippen LogP contribution in [-0.2, 0) is 16.9 Å². The highest BCUT2D eigenvalue weighted by Crippen LogP contribution is 2.54. The molecule has 1 atom stereocenters. The number of hydrogen-bond acceptors (Lipinski definition) is 3. The number of rotatable bonds is 4. The number of pyridine rings is 2. The first-order chi connectivity index (χ1) is 20.5. The summed E-state index contributed by atoms with van der Waals surface area (Å²) in [6.07, 6.45) is 2.08. The molecule has 8 rings (SSSR count). The molecule has 0 radical (unpaired) electrons. The Hall–Kier alpha value is -5.16. The van der Waals surface area contributed by atoms with Crippen molar-refractivity contribution < 1.29 is 9.53 Å². The van der Waals surface area contributed by atoms with Crippen molar-refractivity contribution in [3.63, 3.8) is 0 Å². The fraction of sp³-hybridized carbons (Fsp3) is 0.135. The van der Waals surface area contributed by atoms with Crippen LogP contribution >= 0.6 is 0 Å². The molecule has 0 amide bonds. The third kappa shape index (κ3) is 3.13. The smallest absolute Gasteiger partial charge is 0.341 e. The van der Waals surface area contributed by atoms with Gasteiger partial charge in [-0.3, -0.25) is 0 Å². The lowest BCUT2D eigenvalue weighted by molar-refractivity contribution is 0.0232. The number of fused-ring (bicyclic) bond motifs is 4. The average Bonchev–Trinajstić information content (AvgIpc) is 3.60. The lowest BCUT2D eigenvalue weighted by Crippen LogP contribution is -2.33. The molecule has 7 aromatic rings. The van der Waals surface area contributed by atoms with E-state index in [1.54, 1.807) is 0 Å². The summed E-state index contributed by atoms with van der Waals surface area (Å²) in [5.74, 6) is -0.362. The van der Waals surface area contributed by atoms with E-state index in [-0.39, 0.29) is 5.97 Å². The molecule has 0 bridgehead atoms. The normalized spacial score (nSPS) is 16.4. The molecule has 0 aliphatic carbocycles. The Morgan fingerprint density at radius 1 is 0.833 bits per heavy atom. The zero-order valence-corrected chi connectivity index (χ0v) is 23.8. The molecule has 1 aliphatic heterocycles. The number of ether oxygens (including phenoxy) is 1. The molecule has 3 aromatic carbocycles. The first-order valence-corrected chi connectivity index (χ1v) is 14.4. The van der Waals surface area contributed by atoms with Crippen molar-refractivity contribution in [3.8, 4) is 11.1 Å². The van der Waals surface area contributed by atoms with E-state index in [1.807, 2.05) is 42.5 Å². The Morgan fingerprint density at radius 2 is 1.55 bits per heavy atom. The number of carbonyl (C=O) groups excluding carboxylic acids is 1. The Morgan fingerprint density at radius 3 is 2.38 bits per heavy atom. The van der Waals surface area contributed by atoms with Gasteiger partial charge in [0.2, 0.25) is 5.60 Å². The molecule has 5 heterocycles. The number of carbonyl (C=O) groups is 1. The van der Waals surface area contributed by atoms with Crippen molar-refractivity contribution in [1.82, 2.24) is 14.0 Å². The molecule has 42 heavy (non-hydrogen) atoms. The number of aryl methyl sites for hydroxylation is 2. The van der Waals surface area contributed by atoms with Crippen LogP contribution in [-0.4, -0.2) is 19.9 Å².